The summed E-state index contributed by atoms with van der Waals surface area (Å²) in [7, 11) is 0. The lowest BCUT2D eigenvalue weighted by molar-refractivity contribution is -0.117. The summed E-state index contributed by atoms with van der Waals surface area (Å²) in [6, 6.07) is 11.9. The maximum Gasteiger partial charge on any atom is 0.229 e. The molecule has 1 aromatic carbocycles. The van der Waals surface area contributed by atoms with E-state index < -0.39 is 0 Å². The predicted molar refractivity (Wildman–Crippen MR) is 89.0 cm³/mol. The zero-order chi connectivity index (χ0) is 16.5. The van der Waals surface area contributed by atoms with E-state index in [0.29, 0.717) is 10.1 Å². The van der Waals surface area contributed by atoms with Gasteiger partial charge in [0.05, 0.1) is 0 Å². The van der Waals surface area contributed by atoms with E-state index in [9.17, 15) is 9.18 Å². The lowest BCUT2D eigenvalue weighted by atomic mass is 10.1. The third-order valence-corrected chi connectivity index (χ3v) is 4.83. The Morgan fingerprint density at radius 3 is 2.75 bits per heavy atom. The lowest BCUT2D eigenvalue weighted by Crippen LogP contribution is -2.14. The van der Waals surface area contributed by atoms with Crippen molar-refractivity contribution in [1.29, 1.82) is 0 Å². The van der Waals surface area contributed by atoms with Gasteiger partial charge >= 0.3 is 0 Å². The highest BCUT2D eigenvalue weighted by Crippen LogP contribution is 2.48. The number of aromatic nitrogens is 3. The van der Waals surface area contributed by atoms with E-state index in [4.69, 9.17) is 0 Å². The van der Waals surface area contributed by atoms with Crippen LogP contribution in [0.1, 0.15) is 17.9 Å². The van der Waals surface area contributed by atoms with Crippen molar-refractivity contribution in [2.75, 3.05) is 5.32 Å². The Bertz CT molecular complexity index is 866. The fraction of sp³-hybridized carbons (Fsp3) is 0.176. The van der Waals surface area contributed by atoms with Crippen molar-refractivity contribution >= 4 is 22.4 Å². The average molecular weight is 340 g/mol. The van der Waals surface area contributed by atoms with E-state index in [1.807, 2.05) is 18.2 Å². The van der Waals surface area contributed by atoms with Crippen molar-refractivity contribution in [3.8, 4) is 10.7 Å². The number of carbonyl (C=O) groups is 1. The smallest absolute Gasteiger partial charge is 0.229 e. The number of benzene rings is 1. The number of nitrogens with one attached hydrogen (secondary N) is 1. The van der Waals surface area contributed by atoms with Gasteiger partial charge in [-0.1, -0.05) is 29.5 Å². The number of anilines is 1. The number of rotatable bonds is 4. The van der Waals surface area contributed by atoms with Crippen LogP contribution in [0, 0.1) is 11.7 Å². The first kappa shape index (κ1) is 14.9. The van der Waals surface area contributed by atoms with Gasteiger partial charge in [-0.3, -0.25) is 9.78 Å². The number of amides is 1. The van der Waals surface area contributed by atoms with Crippen LogP contribution >= 0.6 is 11.3 Å². The average Bonchev–Trinajstić information content (AvgIpc) is 3.28. The summed E-state index contributed by atoms with van der Waals surface area (Å²) < 4.78 is 13.0. The first-order valence-electron chi connectivity index (χ1n) is 7.52. The molecule has 4 rings (SSSR count). The van der Waals surface area contributed by atoms with E-state index >= 15 is 0 Å². The van der Waals surface area contributed by atoms with Gasteiger partial charge in [-0.25, -0.2) is 4.39 Å². The molecule has 1 amide bonds. The minimum atomic E-state index is -0.267. The van der Waals surface area contributed by atoms with Crippen molar-refractivity contribution in [3.63, 3.8) is 0 Å². The summed E-state index contributed by atoms with van der Waals surface area (Å²) in [5, 5.41) is 12.0. The van der Waals surface area contributed by atoms with Crippen LogP contribution in [0.25, 0.3) is 10.7 Å². The molecule has 0 unspecified atom stereocenters. The molecule has 1 saturated carbocycles. The Morgan fingerprint density at radius 1 is 1.17 bits per heavy atom. The second-order valence-corrected chi connectivity index (χ2v) is 6.59. The minimum absolute atomic E-state index is 0.0759. The minimum Gasteiger partial charge on any atom is -0.300 e. The van der Waals surface area contributed by atoms with Gasteiger partial charge in [0.2, 0.25) is 11.0 Å². The molecule has 3 aromatic rings. The molecule has 1 fully saturated rings. The van der Waals surface area contributed by atoms with E-state index in [1.54, 1.807) is 18.3 Å². The predicted octanol–water partition coefficient (Wildman–Crippen LogP) is 3.48. The van der Waals surface area contributed by atoms with Crippen LogP contribution in [0.3, 0.4) is 0 Å². The molecule has 0 bridgehead atoms. The molecule has 1 aliphatic rings. The third-order valence-electron chi connectivity index (χ3n) is 3.96. The molecule has 5 nitrogen and oxygen atoms in total. The van der Waals surface area contributed by atoms with Crippen LogP contribution in [0.15, 0.2) is 48.7 Å². The lowest BCUT2D eigenvalue weighted by Gasteiger charge is -2.01. The summed E-state index contributed by atoms with van der Waals surface area (Å²) in [5.74, 6) is -0.296. The van der Waals surface area contributed by atoms with Crippen molar-refractivity contribution in [1.82, 2.24) is 15.2 Å². The Hall–Kier alpha value is -2.67. The standard InChI is InChI=1S/C17H13FN4OS/c18-11-6-4-10(5-7-11)12-9-13(12)15(23)20-17-22-21-16(24-17)14-3-1-2-8-19-14/h1-8,12-13H,9H2,(H,20,22,23)/t12-,13+/m1/s1. The molecule has 2 atom stereocenters. The monoisotopic (exact) mass is 340 g/mol. The molecular weight excluding hydrogens is 327 g/mol. The first-order valence-corrected chi connectivity index (χ1v) is 8.33. The van der Waals surface area contributed by atoms with Crippen LogP contribution < -0.4 is 5.32 Å². The van der Waals surface area contributed by atoms with Crippen molar-refractivity contribution < 1.29 is 9.18 Å². The second kappa shape index (κ2) is 6.09. The quantitative estimate of drug-likeness (QED) is 0.789. The molecule has 1 N–H and O–H groups in total. The number of pyridine rings is 1. The number of halogens is 1. The van der Waals surface area contributed by atoms with Crippen molar-refractivity contribution in [3.05, 3.63) is 60.0 Å². The molecule has 2 aromatic heterocycles. The SMILES string of the molecule is O=C(Nc1nnc(-c2ccccn2)s1)[C@H]1C[C@@H]1c1ccc(F)cc1. The summed E-state index contributed by atoms with van der Waals surface area (Å²) in [4.78, 5) is 16.5. The zero-order valence-electron chi connectivity index (χ0n) is 12.5. The van der Waals surface area contributed by atoms with Gasteiger partial charge in [0.15, 0.2) is 5.01 Å². The van der Waals surface area contributed by atoms with Crippen LogP contribution in [-0.2, 0) is 4.79 Å². The van der Waals surface area contributed by atoms with Crippen LogP contribution in [0.5, 0.6) is 0 Å². The zero-order valence-corrected chi connectivity index (χ0v) is 13.3. The molecule has 1 aliphatic carbocycles. The maximum atomic E-state index is 13.0. The summed E-state index contributed by atoms with van der Waals surface area (Å²) >= 11 is 1.29. The van der Waals surface area contributed by atoms with E-state index in [-0.39, 0.29) is 23.6 Å². The molecule has 0 radical (unpaired) electrons. The van der Waals surface area contributed by atoms with Crippen LogP contribution in [0.2, 0.25) is 0 Å². The molecular formula is C17H13FN4OS. The summed E-state index contributed by atoms with van der Waals surface area (Å²) in [6.45, 7) is 0. The number of nitrogens with zero attached hydrogens (tertiary/aromatic N) is 3. The van der Waals surface area contributed by atoms with Crippen LogP contribution in [-0.4, -0.2) is 21.1 Å². The molecule has 120 valence electrons. The Labute approximate surface area is 141 Å². The van der Waals surface area contributed by atoms with Crippen molar-refractivity contribution in [2.24, 2.45) is 5.92 Å². The first-order chi connectivity index (χ1) is 11.7. The van der Waals surface area contributed by atoms with Gasteiger partial charge in [0, 0.05) is 12.1 Å². The Kier molecular flexibility index (Phi) is 3.78. The molecule has 0 spiro atoms. The highest BCUT2D eigenvalue weighted by molar-refractivity contribution is 7.18. The fourth-order valence-corrected chi connectivity index (χ4v) is 3.35. The van der Waals surface area contributed by atoms with Gasteiger partial charge in [-0.2, -0.15) is 0 Å². The number of carbonyl (C=O) groups excluding carboxylic acids is 1. The molecule has 7 heteroatoms. The summed E-state index contributed by atoms with van der Waals surface area (Å²) in [6.07, 6.45) is 2.45. The third kappa shape index (κ3) is 3.03. The second-order valence-electron chi connectivity index (χ2n) is 5.62. The van der Waals surface area contributed by atoms with E-state index in [2.05, 4.69) is 20.5 Å². The van der Waals surface area contributed by atoms with E-state index in [0.717, 1.165) is 17.7 Å². The van der Waals surface area contributed by atoms with Crippen molar-refractivity contribution in [2.45, 2.75) is 12.3 Å². The highest BCUT2D eigenvalue weighted by Gasteiger charge is 2.44. The van der Waals surface area contributed by atoms with Gasteiger partial charge in [0.25, 0.3) is 0 Å². The summed E-state index contributed by atoms with van der Waals surface area (Å²) in [5.41, 5.74) is 1.72. The van der Waals surface area contributed by atoms with Gasteiger partial charge < -0.3 is 5.32 Å². The van der Waals surface area contributed by atoms with Crippen LogP contribution in [0.4, 0.5) is 9.52 Å². The number of hydrogen-bond acceptors (Lipinski definition) is 5. The largest absolute Gasteiger partial charge is 0.300 e. The molecule has 0 saturated heterocycles. The fourth-order valence-electron chi connectivity index (χ4n) is 2.63. The highest BCUT2D eigenvalue weighted by atomic mass is 32.1. The molecule has 0 aliphatic heterocycles. The van der Waals surface area contributed by atoms with Gasteiger partial charge in [0.1, 0.15) is 11.5 Å². The van der Waals surface area contributed by atoms with E-state index in [1.165, 1.54) is 23.5 Å². The molecule has 24 heavy (non-hydrogen) atoms. The maximum absolute atomic E-state index is 13.0. The normalized spacial score (nSPS) is 19.0. The number of hydrogen-bond donors (Lipinski definition) is 1. The van der Waals surface area contributed by atoms with Gasteiger partial charge in [-0.05, 0) is 42.2 Å². The Balaban J connectivity index is 1.41. The molecule has 2 heterocycles. The Morgan fingerprint density at radius 2 is 2.00 bits per heavy atom. The topological polar surface area (TPSA) is 67.8 Å². The van der Waals surface area contributed by atoms with Gasteiger partial charge in [-0.15, -0.1) is 10.2 Å².